The molecule has 2 amide bonds. The van der Waals surface area contributed by atoms with E-state index in [0.717, 1.165) is 17.3 Å². The standard InChI is InChI=1S/C32H34N4O8S/c1-40-22-7-4-6-21(15-22)34-30(38)18-45-32-35-24-17-28-27(43-19-44-28)16-23(24)31(39)36(32)13-5-8-29(37)33-12-11-20-9-10-25(41-2)26(14-20)42-3/h4,6-7,9-10,14-17H,5,8,11-13,18-19H2,1-3H3,(H,33,37)(H,34,38). The predicted octanol–water partition coefficient (Wildman–Crippen LogP) is 4.02. The number of nitrogens with zero attached hydrogens (tertiary/aromatic N) is 2. The average molecular weight is 635 g/mol. The number of ether oxygens (including phenoxy) is 5. The lowest BCUT2D eigenvalue weighted by Gasteiger charge is -2.14. The van der Waals surface area contributed by atoms with E-state index in [1.165, 1.54) is 4.57 Å². The second-order valence-electron chi connectivity index (χ2n) is 10.0. The molecule has 45 heavy (non-hydrogen) atoms. The fraction of sp³-hybridized carbons (Fsp3) is 0.312. The van der Waals surface area contributed by atoms with Crippen LogP contribution >= 0.6 is 11.8 Å². The molecule has 2 N–H and O–H groups in total. The van der Waals surface area contributed by atoms with Gasteiger partial charge in [-0.15, -0.1) is 0 Å². The molecule has 0 unspecified atom stereocenters. The number of thioether (sulfide) groups is 1. The van der Waals surface area contributed by atoms with Gasteiger partial charge in [0.15, 0.2) is 28.2 Å². The van der Waals surface area contributed by atoms with E-state index in [-0.39, 0.29) is 42.9 Å². The minimum absolute atomic E-state index is 0.0103. The third-order valence-corrected chi connectivity index (χ3v) is 8.05. The minimum Gasteiger partial charge on any atom is -0.497 e. The Morgan fingerprint density at radius 2 is 1.76 bits per heavy atom. The summed E-state index contributed by atoms with van der Waals surface area (Å²) in [5, 5.41) is 6.49. The predicted molar refractivity (Wildman–Crippen MR) is 170 cm³/mol. The Hall–Kier alpha value is -4.91. The number of amides is 2. The van der Waals surface area contributed by atoms with Gasteiger partial charge in [-0.3, -0.25) is 19.0 Å². The van der Waals surface area contributed by atoms with Crippen LogP contribution in [0.15, 0.2) is 64.5 Å². The highest BCUT2D eigenvalue weighted by Crippen LogP contribution is 2.35. The molecule has 0 aliphatic carbocycles. The van der Waals surface area contributed by atoms with Crippen molar-refractivity contribution in [2.75, 3.05) is 45.7 Å². The van der Waals surface area contributed by atoms with Crippen LogP contribution in [0, 0.1) is 0 Å². The minimum atomic E-state index is -0.289. The normalized spacial score (nSPS) is 11.7. The summed E-state index contributed by atoms with van der Waals surface area (Å²) in [5.74, 6) is 2.48. The number of rotatable bonds is 14. The second kappa shape index (κ2) is 14.7. The fourth-order valence-corrected chi connectivity index (χ4v) is 5.62. The Kier molecular flexibility index (Phi) is 10.3. The van der Waals surface area contributed by atoms with Crippen LogP contribution < -0.4 is 39.9 Å². The Labute approximate surface area is 264 Å². The van der Waals surface area contributed by atoms with Crippen LogP contribution in [0.3, 0.4) is 0 Å². The van der Waals surface area contributed by atoms with Crippen LogP contribution in [0.2, 0.25) is 0 Å². The molecule has 3 aromatic carbocycles. The van der Waals surface area contributed by atoms with E-state index in [4.69, 9.17) is 28.7 Å². The Bertz CT molecular complexity index is 1760. The number of methoxy groups -OCH3 is 3. The quantitative estimate of drug-likeness (QED) is 0.154. The average Bonchev–Trinajstić information content (AvgIpc) is 3.51. The van der Waals surface area contributed by atoms with E-state index >= 15 is 0 Å². The number of carbonyl (C=O) groups excluding carboxylic acids is 2. The van der Waals surface area contributed by atoms with Crippen molar-refractivity contribution in [1.82, 2.24) is 14.9 Å². The fourth-order valence-electron chi connectivity index (χ4n) is 4.79. The summed E-state index contributed by atoms with van der Waals surface area (Å²) in [4.78, 5) is 43.8. The highest BCUT2D eigenvalue weighted by molar-refractivity contribution is 7.99. The van der Waals surface area contributed by atoms with Crippen LogP contribution in [-0.4, -0.2) is 61.8 Å². The lowest BCUT2D eigenvalue weighted by atomic mass is 10.1. The molecule has 4 aromatic rings. The largest absolute Gasteiger partial charge is 0.497 e. The third kappa shape index (κ3) is 7.79. The highest BCUT2D eigenvalue weighted by Gasteiger charge is 2.20. The first-order valence-electron chi connectivity index (χ1n) is 14.3. The monoisotopic (exact) mass is 634 g/mol. The second-order valence-corrected chi connectivity index (χ2v) is 11.0. The van der Waals surface area contributed by atoms with Crippen LogP contribution in [0.4, 0.5) is 5.69 Å². The van der Waals surface area contributed by atoms with E-state index in [9.17, 15) is 14.4 Å². The van der Waals surface area contributed by atoms with Crippen molar-refractivity contribution in [3.63, 3.8) is 0 Å². The molecule has 5 rings (SSSR count). The number of carbonyl (C=O) groups is 2. The highest BCUT2D eigenvalue weighted by atomic mass is 32.2. The molecule has 1 aromatic heterocycles. The molecule has 2 heterocycles. The number of fused-ring (bicyclic) bond motifs is 2. The van der Waals surface area contributed by atoms with E-state index in [2.05, 4.69) is 10.6 Å². The maximum absolute atomic E-state index is 13.6. The zero-order valence-corrected chi connectivity index (χ0v) is 26.0. The van der Waals surface area contributed by atoms with Gasteiger partial charge in [-0.05, 0) is 48.7 Å². The van der Waals surface area contributed by atoms with E-state index in [0.29, 0.717) is 69.9 Å². The Morgan fingerprint density at radius 1 is 0.956 bits per heavy atom. The molecule has 0 saturated carbocycles. The van der Waals surface area contributed by atoms with Gasteiger partial charge in [0.25, 0.3) is 5.56 Å². The molecule has 236 valence electrons. The van der Waals surface area contributed by atoms with Gasteiger partial charge in [0.1, 0.15) is 5.75 Å². The first-order chi connectivity index (χ1) is 21.9. The van der Waals surface area contributed by atoms with Crippen LogP contribution in [0.25, 0.3) is 10.9 Å². The third-order valence-electron chi connectivity index (χ3n) is 7.07. The summed E-state index contributed by atoms with van der Waals surface area (Å²) in [6.07, 6.45) is 1.22. The Balaban J connectivity index is 1.23. The van der Waals surface area contributed by atoms with Crippen molar-refractivity contribution < 1.29 is 33.3 Å². The van der Waals surface area contributed by atoms with Crippen LogP contribution in [0.5, 0.6) is 28.7 Å². The molecule has 0 radical (unpaired) electrons. The van der Waals surface area contributed by atoms with Crippen LogP contribution in [0.1, 0.15) is 18.4 Å². The number of anilines is 1. The van der Waals surface area contributed by atoms with Crippen LogP contribution in [-0.2, 0) is 22.6 Å². The number of hydrogen-bond donors (Lipinski definition) is 2. The van der Waals surface area contributed by atoms with Crippen molar-refractivity contribution in [2.45, 2.75) is 31.0 Å². The maximum Gasteiger partial charge on any atom is 0.262 e. The van der Waals surface area contributed by atoms with Gasteiger partial charge in [0, 0.05) is 37.3 Å². The summed E-state index contributed by atoms with van der Waals surface area (Å²) in [5.41, 5.74) is 1.74. The lowest BCUT2D eigenvalue weighted by Crippen LogP contribution is -2.27. The molecule has 1 aliphatic heterocycles. The molecular formula is C32H34N4O8S. The van der Waals surface area contributed by atoms with Gasteiger partial charge in [0.05, 0.1) is 38.0 Å². The summed E-state index contributed by atoms with van der Waals surface area (Å²) in [6, 6.07) is 16.0. The zero-order valence-electron chi connectivity index (χ0n) is 25.2. The zero-order chi connectivity index (χ0) is 31.8. The first kappa shape index (κ1) is 31.5. The Morgan fingerprint density at radius 3 is 2.53 bits per heavy atom. The smallest absolute Gasteiger partial charge is 0.262 e. The molecule has 0 bridgehead atoms. The van der Waals surface area contributed by atoms with Gasteiger partial charge < -0.3 is 34.3 Å². The van der Waals surface area contributed by atoms with Gasteiger partial charge in [-0.2, -0.15) is 0 Å². The molecule has 12 nitrogen and oxygen atoms in total. The summed E-state index contributed by atoms with van der Waals surface area (Å²) >= 11 is 1.14. The number of nitrogens with one attached hydrogen (secondary N) is 2. The van der Waals surface area contributed by atoms with E-state index < -0.39 is 0 Å². The van der Waals surface area contributed by atoms with E-state index in [1.807, 2.05) is 18.2 Å². The van der Waals surface area contributed by atoms with Gasteiger partial charge in [-0.1, -0.05) is 23.9 Å². The van der Waals surface area contributed by atoms with Crippen molar-refractivity contribution in [3.8, 4) is 28.7 Å². The molecule has 0 spiro atoms. The maximum atomic E-state index is 13.6. The van der Waals surface area contributed by atoms with Gasteiger partial charge in [0.2, 0.25) is 18.6 Å². The lowest BCUT2D eigenvalue weighted by molar-refractivity contribution is -0.121. The van der Waals surface area contributed by atoms with Crippen molar-refractivity contribution in [3.05, 3.63) is 70.5 Å². The molecule has 0 saturated heterocycles. The summed E-state index contributed by atoms with van der Waals surface area (Å²) in [6.45, 7) is 0.745. The summed E-state index contributed by atoms with van der Waals surface area (Å²) < 4.78 is 28.3. The SMILES string of the molecule is COc1cccc(NC(=O)CSc2nc3cc4c(cc3c(=O)n2CCCC(=O)NCCc2ccc(OC)c(OC)c2)OCO4)c1. The molecule has 0 fully saturated rings. The van der Waals surface area contributed by atoms with E-state index in [1.54, 1.807) is 57.7 Å². The van der Waals surface area contributed by atoms with Gasteiger partial charge in [-0.25, -0.2) is 4.98 Å². The van der Waals surface area contributed by atoms with Gasteiger partial charge >= 0.3 is 0 Å². The molecular weight excluding hydrogens is 600 g/mol. The van der Waals surface area contributed by atoms with Crippen molar-refractivity contribution >= 4 is 40.2 Å². The number of hydrogen-bond acceptors (Lipinski definition) is 10. The molecule has 13 heteroatoms. The molecule has 0 atom stereocenters. The van der Waals surface area contributed by atoms with Crippen molar-refractivity contribution in [1.29, 1.82) is 0 Å². The number of benzene rings is 3. The first-order valence-corrected chi connectivity index (χ1v) is 15.3. The summed E-state index contributed by atoms with van der Waals surface area (Å²) in [7, 11) is 4.71. The number of aromatic nitrogens is 2. The molecule has 1 aliphatic rings. The topological polar surface area (TPSA) is 139 Å². The van der Waals surface area contributed by atoms with Crippen molar-refractivity contribution in [2.24, 2.45) is 0 Å².